The number of methoxy groups -OCH3 is 1. The highest BCUT2D eigenvalue weighted by atomic mass is 32.2. The molecule has 8 heteroatoms. The normalized spacial score (nSPS) is 13.2. The third-order valence-electron chi connectivity index (χ3n) is 5.77. The first-order chi connectivity index (χ1) is 15.7. The monoisotopic (exact) mass is 467 g/mol. The van der Waals surface area contributed by atoms with Gasteiger partial charge in [-0.25, -0.2) is 9.97 Å². The first-order valence-corrected chi connectivity index (χ1v) is 12.6. The second-order valence-corrected chi connectivity index (χ2v) is 9.94. The Morgan fingerprint density at radius 2 is 2.06 bits per heavy atom. The maximum Gasteiger partial charge on any atom is 0.263 e. The van der Waals surface area contributed by atoms with Crippen molar-refractivity contribution in [2.24, 2.45) is 0 Å². The minimum atomic E-state index is 0.0786. The molecule has 32 heavy (non-hydrogen) atoms. The molecule has 3 heterocycles. The topological polar surface area (TPSA) is 70.2 Å². The number of hydrogen-bond donors (Lipinski definition) is 0. The van der Waals surface area contributed by atoms with Crippen LogP contribution in [-0.4, -0.2) is 28.3 Å². The Labute approximate surface area is 194 Å². The van der Waals surface area contributed by atoms with E-state index in [0.717, 1.165) is 58.1 Å². The Hall–Kier alpha value is -2.42. The molecular formula is C24H25N3O3S2. The van der Waals surface area contributed by atoms with Crippen LogP contribution in [0.5, 0.6) is 0 Å². The van der Waals surface area contributed by atoms with E-state index >= 15 is 0 Å². The molecule has 1 aliphatic rings. The molecular weight excluding hydrogens is 442 g/mol. The summed E-state index contributed by atoms with van der Waals surface area (Å²) in [4.78, 5) is 25.3. The van der Waals surface area contributed by atoms with E-state index in [1.165, 1.54) is 10.4 Å². The van der Waals surface area contributed by atoms with Gasteiger partial charge in [-0.2, -0.15) is 0 Å². The van der Waals surface area contributed by atoms with Crippen LogP contribution in [0.3, 0.4) is 0 Å². The molecule has 3 aromatic heterocycles. The standard InChI is InChI=1S/C24H25N3O3S2/c1-15-18(25-21(30-15)16-8-4-3-5-9-16)14-31-24-26-22-20(17-10-6-11-19(17)32-22)23(28)27(24)12-7-13-29-2/h3-5,8-9H,6-7,10-14H2,1-2H3. The van der Waals surface area contributed by atoms with Crippen LogP contribution >= 0.6 is 23.1 Å². The van der Waals surface area contributed by atoms with E-state index in [-0.39, 0.29) is 5.56 Å². The Bertz CT molecular complexity index is 1310. The van der Waals surface area contributed by atoms with Gasteiger partial charge in [-0.3, -0.25) is 9.36 Å². The highest BCUT2D eigenvalue weighted by Gasteiger charge is 2.23. The van der Waals surface area contributed by atoms with Crippen molar-refractivity contribution in [3.63, 3.8) is 0 Å². The van der Waals surface area contributed by atoms with E-state index in [9.17, 15) is 4.79 Å². The van der Waals surface area contributed by atoms with Crippen LogP contribution in [0.4, 0.5) is 0 Å². The molecule has 6 nitrogen and oxygen atoms in total. The van der Waals surface area contributed by atoms with Crippen molar-refractivity contribution >= 4 is 33.3 Å². The molecule has 0 bridgehead atoms. The van der Waals surface area contributed by atoms with Crippen LogP contribution in [0.2, 0.25) is 0 Å². The number of benzene rings is 1. The first-order valence-electron chi connectivity index (χ1n) is 10.8. The Morgan fingerprint density at radius 3 is 2.88 bits per heavy atom. The van der Waals surface area contributed by atoms with Crippen LogP contribution in [-0.2, 0) is 29.9 Å². The summed E-state index contributed by atoms with van der Waals surface area (Å²) in [5.41, 5.74) is 3.13. The predicted molar refractivity (Wildman–Crippen MR) is 129 cm³/mol. The van der Waals surface area contributed by atoms with E-state index in [1.807, 2.05) is 41.8 Å². The van der Waals surface area contributed by atoms with Crippen LogP contribution in [0.15, 0.2) is 44.7 Å². The second-order valence-electron chi connectivity index (χ2n) is 7.91. The lowest BCUT2D eigenvalue weighted by Crippen LogP contribution is -2.24. The number of aryl methyl sites for hydroxylation is 3. The maximum absolute atomic E-state index is 13.5. The largest absolute Gasteiger partial charge is 0.441 e. The Kier molecular flexibility index (Phi) is 6.17. The minimum absolute atomic E-state index is 0.0786. The average Bonchev–Trinajstić information content (AvgIpc) is 3.49. The Morgan fingerprint density at radius 1 is 1.22 bits per heavy atom. The quantitative estimate of drug-likeness (QED) is 0.201. The number of nitrogens with zero attached hydrogens (tertiary/aromatic N) is 3. The number of aromatic nitrogens is 3. The molecule has 0 amide bonds. The predicted octanol–water partition coefficient (Wildman–Crippen LogP) is 5.24. The summed E-state index contributed by atoms with van der Waals surface area (Å²) < 4.78 is 12.9. The summed E-state index contributed by atoms with van der Waals surface area (Å²) in [5, 5.41) is 1.57. The number of fused-ring (bicyclic) bond motifs is 3. The molecule has 4 aromatic rings. The van der Waals surface area contributed by atoms with Gasteiger partial charge < -0.3 is 9.15 Å². The molecule has 0 saturated carbocycles. The number of thioether (sulfide) groups is 1. The van der Waals surface area contributed by atoms with E-state index in [0.29, 0.717) is 24.8 Å². The molecule has 166 valence electrons. The molecule has 0 aliphatic heterocycles. The van der Waals surface area contributed by atoms with Crippen LogP contribution in [0, 0.1) is 6.92 Å². The van der Waals surface area contributed by atoms with Crippen molar-refractivity contribution in [1.82, 2.24) is 14.5 Å². The van der Waals surface area contributed by atoms with Crippen LogP contribution in [0.1, 0.15) is 34.7 Å². The van der Waals surface area contributed by atoms with Crippen molar-refractivity contribution in [1.29, 1.82) is 0 Å². The number of rotatable bonds is 8. The van der Waals surface area contributed by atoms with Gasteiger partial charge in [0.15, 0.2) is 5.16 Å². The Balaban J connectivity index is 1.46. The van der Waals surface area contributed by atoms with E-state index in [4.69, 9.17) is 19.1 Å². The third kappa shape index (κ3) is 4.02. The number of oxazole rings is 1. The zero-order valence-corrected chi connectivity index (χ0v) is 19.9. The lowest BCUT2D eigenvalue weighted by Gasteiger charge is -2.12. The van der Waals surface area contributed by atoms with Gasteiger partial charge in [0.1, 0.15) is 10.6 Å². The van der Waals surface area contributed by atoms with Gasteiger partial charge >= 0.3 is 0 Å². The smallest absolute Gasteiger partial charge is 0.263 e. The van der Waals surface area contributed by atoms with Crippen molar-refractivity contribution in [3.05, 3.63) is 62.6 Å². The van der Waals surface area contributed by atoms with Crippen LogP contribution in [0.25, 0.3) is 21.7 Å². The highest BCUT2D eigenvalue weighted by Crippen LogP contribution is 2.36. The zero-order chi connectivity index (χ0) is 22.1. The summed E-state index contributed by atoms with van der Waals surface area (Å²) in [6.45, 7) is 3.14. The summed E-state index contributed by atoms with van der Waals surface area (Å²) in [5.74, 6) is 2.00. The maximum atomic E-state index is 13.5. The van der Waals surface area contributed by atoms with Gasteiger partial charge in [0.05, 0.1) is 11.1 Å². The summed E-state index contributed by atoms with van der Waals surface area (Å²) in [7, 11) is 1.68. The van der Waals surface area contributed by atoms with Gasteiger partial charge in [0.25, 0.3) is 5.56 Å². The van der Waals surface area contributed by atoms with E-state index < -0.39 is 0 Å². The SMILES string of the molecule is COCCCn1c(SCc2nc(-c3ccccc3)oc2C)nc2sc3c(c2c1=O)CCC3. The van der Waals surface area contributed by atoms with Gasteiger partial charge in [0, 0.05) is 36.5 Å². The van der Waals surface area contributed by atoms with E-state index in [1.54, 1.807) is 30.2 Å². The molecule has 0 fully saturated rings. The molecule has 5 rings (SSSR count). The molecule has 0 atom stereocenters. The third-order valence-corrected chi connectivity index (χ3v) is 7.94. The summed E-state index contributed by atoms with van der Waals surface area (Å²) >= 11 is 3.23. The zero-order valence-electron chi connectivity index (χ0n) is 18.2. The first kappa shape index (κ1) is 21.4. The van der Waals surface area contributed by atoms with Gasteiger partial charge in [-0.15, -0.1) is 11.3 Å². The molecule has 1 aromatic carbocycles. The number of hydrogen-bond acceptors (Lipinski definition) is 7. The minimum Gasteiger partial charge on any atom is -0.441 e. The van der Waals surface area contributed by atoms with Crippen molar-refractivity contribution < 1.29 is 9.15 Å². The van der Waals surface area contributed by atoms with Crippen molar-refractivity contribution in [2.75, 3.05) is 13.7 Å². The molecule has 0 spiro atoms. The lowest BCUT2D eigenvalue weighted by molar-refractivity contribution is 0.189. The van der Waals surface area contributed by atoms with Crippen LogP contribution < -0.4 is 5.56 Å². The van der Waals surface area contributed by atoms with Gasteiger partial charge in [0.2, 0.25) is 5.89 Å². The van der Waals surface area contributed by atoms with E-state index in [2.05, 4.69) is 0 Å². The molecule has 0 radical (unpaired) electrons. The average molecular weight is 468 g/mol. The van der Waals surface area contributed by atoms with Gasteiger partial charge in [-0.05, 0) is 50.3 Å². The van der Waals surface area contributed by atoms with Crippen molar-refractivity contribution in [3.8, 4) is 11.5 Å². The fourth-order valence-electron chi connectivity index (χ4n) is 4.13. The molecule has 0 N–H and O–H groups in total. The summed E-state index contributed by atoms with van der Waals surface area (Å²) in [6.07, 6.45) is 3.94. The molecule has 0 unspecified atom stereocenters. The fourth-order valence-corrected chi connectivity index (χ4v) is 6.46. The summed E-state index contributed by atoms with van der Waals surface area (Å²) in [6, 6.07) is 9.89. The molecule has 1 aliphatic carbocycles. The number of ether oxygens (including phenoxy) is 1. The van der Waals surface area contributed by atoms with Crippen molar-refractivity contribution in [2.45, 2.75) is 50.1 Å². The number of thiophene rings is 1. The lowest BCUT2D eigenvalue weighted by atomic mass is 10.2. The fraction of sp³-hybridized carbons (Fsp3) is 0.375. The molecule has 0 saturated heterocycles. The van der Waals surface area contributed by atoms with Gasteiger partial charge in [-0.1, -0.05) is 30.0 Å². The highest BCUT2D eigenvalue weighted by molar-refractivity contribution is 7.98. The second kappa shape index (κ2) is 9.21.